The van der Waals surface area contributed by atoms with Crippen LogP contribution < -0.4 is 5.32 Å². The number of nitrogens with zero attached hydrogens (tertiary/aromatic N) is 1. The van der Waals surface area contributed by atoms with E-state index in [1.165, 1.54) is 12.8 Å². The highest BCUT2D eigenvalue weighted by Gasteiger charge is 2.25. The smallest absolute Gasteiger partial charge is 0.224 e. The van der Waals surface area contributed by atoms with E-state index in [-0.39, 0.29) is 11.9 Å². The van der Waals surface area contributed by atoms with E-state index in [9.17, 15) is 4.79 Å². The summed E-state index contributed by atoms with van der Waals surface area (Å²) in [6.45, 7) is 2.74. The fourth-order valence-corrected chi connectivity index (χ4v) is 3.00. The zero-order valence-electron chi connectivity index (χ0n) is 12.7. The van der Waals surface area contributed by atoms with Crippen molar-refractivity contribution in [2.45, 2.75) is 25.3 Å². The van der Waals surface area contributed by atoms with Gasteiger partial charge < -0.3 is 9.73 Å². The number of furan rings is 1. The Morgan fingerprint density at radius 2 is 1.91 bits per heavy atom. The second-order valence-corrected chi connectivity index (χ2v) is 5.74. The molecular formula is C18H22N2O2. The molecule has 0 spiro atoms. The number of benzene rings is 1. The first-order valence-electron chi connectivity index (χ1n) is 7.91. The number of hydrogen-bond donors (Lipinski definition) is 1. The summed E-state index contributed by atoms with van der Waals surface area (Å²) in [5.41, 5.74) is 1.04. The zero-order valence-corrected chi connectivity index (χ0v) is 12.7. The molecule has 1 aromatic heterocycles. The van der Waals surface area contributed by atoms with Gasteiger partial charge in [-0.2, -0.15) is 0 Å². The molecule has 1 amide bonds. The van der Waals surface area contributed by atoms with Gasteiger partial charge in [0.2, 0.25) is 5.91 Å². The normalized spacial score (nSPS) is 16.5. The number of nitrogens with one attached hydrogen (secondary N) is 1. The number of amides is 1. The number of rotatable bonds is 6. The van der Waals surface area contributed by atoms with Crippen LogP contribution in [0.15, 0.2) is 53.1 Å². The van der Waals surface area contributed by atoms with Crippen LogP contribution in [0.2, 0.25) is 0 Å². The van der Waals surface area contributed by atoms with Gasteiger partial charge >= 0.3 is 0 Å². The molecule has 1 aliphatic rings. The predicted octanol–water partition coefficient (Wildman–Crippen LogP) is 2.78. The third kappa shape index (κ3) is 3.77. The van der Waals surface area contributed by atoms with Crippen molar-refractivity contribution in [2.75, 3.05) is 19.6 Å². The Balaban J connectivity index is 1.58. The zero-order chi connectivity index (χ0) is 15.2. The summed E-state index contributed by atoms with van der Waals surface area (Å²) in [6.07, 6.45) is 4.56. The van der Waals surface area contributed by atoms with Gasteiger partial charge in [-0.15, -0.1) is 0 Å². The lowest BCUT2D eigenvalue weighted by Gasteiger charge is -2.26. The van der Waals surface area contributed by atoms with E-state index in [0.29, 0.717) is 13.0 Å². The van der Waals surface area contributed by atoms with Gasteiger partial charge in [0.15, 0.2) is 0 Å². The van der Waals surface area contributed by atoms with Crippen molar-refractivity contribution >= 4 is 5.91 Å². The molecule has 4 heteroatoms. The first kappa shape index (κ1) is 14.9. The summed E-state index contributed by atoms with van der Waals surface area (Å²) in [7, 11) is 0. The van der Waals surface area contributed by atoms with E-state index in [1.54, 1.807) is 6.26 Å². The number of carbonyl (C=O) groups excluding carboxylic acids is 1. The average Bonchev–Trinajstić information content (AvgIpc) is 3.22. The minimum Gasteiger partial charge on any atom is -0.468 e. The molecule has 1 aromatic carbocycles. The van der Waals surface area contributed by atoms with Crippen molar-refractivity contribution in [3.63, 3.8) is 0 Å². The molecule has 116 valence electrons. The van der Waals surface area contributed by atoms with Gasteiger partial charge in [-0.05, 0) is 43.6 Å². The maximum absolute atomic E-state index is 12.1. The Morgan fingerprint density at radius 3 is 2.59 bits per heavy atom. The Hall–Kier alpha value is -2.07. The van der Waals surface area contributed by atoms with Gasteiger partial charge in [-0.1, -0.05) is 30.3 Å². The third-order valence-corrected chi connectivity index (χ3v) is 4.15. The van der Waals surface area contributed by atoms with Crippen molar-refractivity contribution in [2.24, 2.45) is 0 Å². The molecule has 1 atom stereocenters. The molecule has 2 aromatic rings. The van der Waals surface area contributed by atoms with Crippen LogP contribution >= 0.6 is 0 Å². The van der Waals surface area contributed by atoms with Crippen LogP contribution in [0, 0.1) is 0 Å². The second-order valence-electron chi connectivity index (χ2n) is 5.74. The van der Waals surface area contributed by atoms with Gasteiger partial charge in [0.05, 0.1) is 18.7 Å². The van der Waals surface area contributed by atoms with E-state index in [4.69, 9.17) is 4.42 Å². The van der Waals surface area contributed by atoms with Crippen molar-refractivity contribution in [1.29, 1.82) is 0 Å². The Bertz CT molecular complexity index is 574. The molecule has 3 rings (SSSR count). The molecule has 0 radical (unpaired) electrons. The second kappa shape index (κ2) is 7.27. The molecule has 0 bridgehead atoms. The molecule has 1 N–H and O–H groups in total. The molecule has 0 aliphatic carbocycles. The van der Waals surface area contributed by atoms with Crippen molar-refractivity contribution in [3.05, 3.63) is 60.1 Å². The summed E-state index contributed by atoms with van der Waals surface area (Å²) >= 11 is 0. The predicted molar refractivity (Wildman–Crippen MR) is 85.4 cm³/mol. The van der Waals surface area contributed by atoms with E-state index in [0.717, 1.165) is 24.4 Å². The molecular weight excluding hydrogens is 276 g/mol. The molecule has 4 nitrogen and oxygen atoms in total. The van der Waals surface area contributed by atoms with Gasteiger partial charge in [-0.3, -0.25) is 9.69 Å². The Kier molecular flexibility index (Phi) is 4.91. The minimum absolute atomic E-state index is 0.0574. The molecule has 1 fully saturated rings. The van der Waals surface area contributed by atoms with Crippen LogP contribution in [0.1, 0.15) is 30.2 Å². The lowest BCUT2D eigenvalue weighted by Crippen LogP contribution is -2.37. The summed E-state index contributed by atoms with van der Waals surface area (Å²) in [5.74, 6) is 0.990. The standard InChI is InChI=1S/C18H22N2O2/c21-18(13-15-7-2-1-3-8-15)19-14-16(17-9-6-12-22-17)20-10-4-5-11-20/h1-3,6-9,12,16H,4-5,10-11,13-14H2,(H,19,21)/t16-/m1/s1. The third-order valence-electron chi connectivity index (χ3n) is 4.15. The summed E-state index contributed by atoms with van der Waals surface area (Å²) < 4.78 is 5.57. The Morgan fingerprint density at radius 1 is 1.14 bits per heavy atom. The van der Waals surface area contributed by atoms with Crippen molar-refractivity contribution in [3.8, 4) is 0 Å². The van der Waals surface area contributed by atoms with Crippen molar-refractivity contribution < 1.29 is 9.21 Å². The highest BCUT2D eigenvalue weighted by molar-refractivity contribution is 5.78. The first-order valence-corrected chi connectivity index (χ1v) is 7.91. The average molecular weight is 298 g/mol. The van der Waals surface area contributed by atoms with Crippen LogP contribution in [0.25, 0.3) is 0 Å². The maximum Gasteiger partial charge on any atom is 0.224 e. The highest BCUT2D eigenvalue weighted by atomic mass is 16.3. The SMILES string of the molecule is O=C(Cc1ccccc1)NC[C@H](c1ccco1)N1CCCC1. The number of carbonyl (C=O) groups is 1. The summed E-state index contributed by atoms with van der Waals surface area (Å²) in [4.78, 5) is 14.5. The van der Waals surface area contributed by atoms with Crippen LogP contribution in [-0.4, -0.2) is 30.4 Å². The van der Waals surface area contributed by atoms with Crippen molar-refractivity contribution in [1.82, 2.24) is 10.2 Å². The quantitative estimate of drug-likeness (QED) is 0.892. The first-order chi connectivity index (χ1) is 10.8. The van der Waals surface area contributed by atoms with Crippen LogP contribution in [0.5, 0.6) is 0 Å². The van der Waals surface area contributed by atoms with E-state index < -0.39 is 0 Å². The molecule has 2 heterocycles. The largest absolute Gasteiger partial charge is 0.468 e. The monoisotopic (exact) mass is 298 g/mol. The van der Waals surface area contributed by atoms with Crippen LogP contribution in [-0.2, 0) is 11.2 Å². The molecule has 0 unspecified atom stereocenters. The van der Waals surface area contributed by atoms with Gasteiger partial charge in [-0.25, -0.2) is 0 Å². The topological polar surface area (TPSA) is 45.5 Å². The lowest BCUT2D eigenvalue weighted by atomic mass is 10.1. The fourth-order valence-electron chi connectivity index (χ4n) is 3.00. The van der Waals surface area contributed by atoms with Gasteiger partial charge in [0, 0.05) is 6.54 Å². The fraction of sp³-hybridized carbons (Fsp3) is 0.389. The van der Waals surface area contributed by atoms with Gasteiger partial charge in [0.25, 0.3) is 0 Å². The molecule has 22 heavy (non-hydrogen) atoms. The van der Waals surface area contributed by atoms with E-state index in [1.807, 2.05) is 42.5 Å². The highest BCUT2D eigenvalue weighted by Crippen LogP contribution is 2.24. The number of likely N-dealkylation sites (tertiary alicyclic amines) is 1. The molecule has 1 saturated heterocycles. The number of hydrogen-bond acceptors (Lipinski definition) is 3. The minimum atomic E-state index is 0.0574. The molecule has 1 aliphatic heterocycles. The molecule has 0 saturated carbocycles. The summed E-state index contributed by atoms with van der Waals surface area (Å²) in [5, 5.41) is 3.06. The van der Waals surface area contributed by atoms with E-state index in [2.05, 4.69) is 10.2 Å². The van der Waals surface area contributed by atoms with Crippen LogP contribution in [0.3, 0.4) is 0 Å². The maximum atomic E-state index is 12.1. The van der Waals surface area contributed by atoms with Gasteiger partial charge in [0.1, 0.15) is 5.76 Å². The summed E-state index contributed by atoms with van der Waals surface area (Å²) in [6, 6.07) is 13.9. The van der Waals surface area contributed by atoms with E-state index >= 15 is 0 Å². The van der Waals surface area contributed by atoms with Crippen LogP contribution in [0.4, 0.5) is 0 Å². The lowest BCUT2D eigenvalue weighted by molar-refractivity contribution is -0.120. The Labute approximate surface area is 131 Å².